The fraction of sp³-hybridized carbons (Fsp3) is 0.294. The number of thiazole rings is 1. The van der Waals surface area contributed by atoms with E-state index >= 15 is 0 Å². The number of benzene rings is 1. The molecule has 0 aliphatic heterocycles. The fourth-order valence-electron chi connectivity index (χ4n) is 2.23. The Morgan fingerprint density at radius 2 is 2.09 bits per heavy atom. The van der Waals surface area contributed by atoms with Crippen LogP contribution in [0.25, 0.3) is 16.2 Å². The normalized spacial score (nSPS) is 11.2. The molecule has 1 aromatic carbocycles. The van der Waals surface area contributed by atoms with Crippen LogP contribution in [0, 0.1) is 5.92 Å². The molecule has 0 radical (unpaired) electrons. The van der Waals surface area contributed by atoms with Gasteiger partial charge in [-0.3, -0.25) is 9.20 Å². The first-order chi connectivity index (χ1) is 10.6. The molecule has 2 heterocycles. The summed E-state index contributed by atoms with van der Waals surface area (Å²) in [6.45, 7) is 4.25. The van der Waals surface area contributed by atoms with Gasteiger partial charge in [0, 0.05) is 35.4 Å². The molecular formula is C17H19N3OS. The monoisotopic (exact) mass is 313 g/mol. The van der Waals surface area contributed by atoms with Gasteiger partial charge in [0.25, 0.3) is 0 Å². The number of aromatic nitrogens is 2. The van der Waals surface area contributed by atoms with Crippen LogP contribution in [-0.2, 0) is 4.79 Å². The molecular weight excluding hydrogens is 294 g/mol. The summed E-state index contributed by atoms with van der Waals surface area (Å²) in [6, 6.07) is 7.83. The van der Waals surface area contributed by atoms with E-state index in [0.717, 1.165) is 28.3 Å². The molecule has 0 bridgehead atoms. The lowest BCUT2D eigenvalue weighted by molar-refractivity contribution is -0.116. The summed E-state index contributed by atoms with van der Waals surface area (Å²) in [5.74, 6) is 0.617. The lowest BCUT2D eigenvalue weighted by atomic mass is 10.1. The minimum atomic E-state index is 0.0731. The van der Waals surface area contributed by atoms with Gasteiger partial charge in [-0.1, -0.05) is 26.0 Å². The van der Waals surface area contributed by atoms with Crippen molar-refractivity contribution < 1.29 is 4.79 Å². The molecule has 1 N–H and O–H groups in total. The number of nitrogens with one attached hydrogen (secondary N) is 1. The van der Waals surface area contributed by atoms with Gasteiger partial charge < -0.3 is 5.32 Å². The number of nitrogens with zero attached hydrogens (tertiary/aromatic N) is 2. The van der Waals surface area contributed by atoms with E-state index in [1.165, 1.54) is 0 Å². The predicted octanol–water partition coefficient (Wildman–Crippen LogP) is 4.44. The van der Waals surface area contributed by atoms with E-state index in [2.05, 4.69) is 24.1 Å². The SMILES string of the molecule is CC(C)CCC(=O)Nc1ccc(-c2cn3ccsc3n2)cc1. The van der Waals surface area contributed by atoms with Crippen LogP contribution >= 0.6 is 11.3 Å². The average molecular weight is 313 g/mol. The van der Waals surface area contributed by atoms with Crippen LogP contribution in [0.5, 0.6) is 0 Å². The molecule has 5 heteroatoms. The Bertz CT molecular complexity index is 742. The average Bonchev–Trinajstić information content (AvgIpc) is 3.07. The molecule has 22 heavy (non-hydrogen) atoms. The Hall–Kier alpha value is -2.14. The third kappa shape index (κ3) is 3.36. The minimum absolute atomic E-state index is 0.0731. The van der Waals surface area contributed by atoms with Crippen LogP contribution < -0.4 is 5.32 Å². The van der Waals surface area contributed by atoms with Gasteiger partial charge in [-0.05, 0) is 24.5 Å². The summed E-state index contributed by atoms with van der Waals surface area (Å²) < 4.78 is 2.02. The van der Waals surface area contributed by atoms with E-state index in [0.29, 0.717) is 12.3 Å². The number of amides is 1. The molecule has 1 amide bonds. The first-order valence-electron chi connectivity index (χ1n) is 7.44. The summed E-state index contributed by atoms with van der Waals surface area (Å²) in [5, 5.41) is 4.95. The molecule has 4 nitrogen and oxygen atoms in total. The number of carbonyl (C=O) groups excluding carboxylic acids is 1. The first kappa shape index (κ1) is 14.8. The minimum Gasteiger partial charge on any atom is -0.326 e. The van der Waals surface area contributed by atoms with Crippen molar-refractivity contribution in [3.8, 4) is 11.3 Å². The van der Waals surface area contributed by atoms with E-state index in [9.17, 15) is 4.79 Å². The lowest BCUT2D eigenvalue weighted by Crippen LogP contribution is -2.11. The summed E-state index contributed by atoms with van der Waals surface area (Å²) in [7, 11) is 0. The van der Waals surface area contributed by atoms with Crippen molar-refractivity contribution in [1.29, 1.82) is 0 Å². The second-order valence-corrected chi connectivity index (χ2v) is 6.65. The van der Waals surface area contributed by atoms with Gasteiger partial charge in [0.1, 0.15) is 0 Å². The van der Waals surface area contributed by atoms with Crippen molar-refractivity contribution in [2.24, 2.45) is 5.92 Å². The zero-order valence-corrected chi connectivity index (χ0v) is 13.6. The Morgan fingerprint density at radius 3 is 2.77 bits per heavy atom. The Balaban J connectivity index is 1.67. The quantitative estimate of drug-likeness (QED) is 0.757. The summed E-state index contributed by atoms with van der Waals surface area (Å²) in [4.78, 5) is 17.4. The number of fused-ring (bicyclic) bond motifs is 1. The van der Waals surface area contributed by atoms with E-state index in [-0.39, 0.29) is 5.91 Å². The maximum atomic E-state index is 11.8. The zero-order chi connectivity index (χ0) is 15.5. The highest BCUT2D eigenvalue weighted by atomic mass is 32.1. The first-order valence-corrected chi connectivity index (χ1v) is 8.32. The summed E-state index contributed by atoms with van der Waals surface area (Å²) in [6.07, 6.45) is 5.49. The van der Waals surface area contributed by atoms with Gasteiger partial charge in [0.05, 0.1) is 5.69 Å². The third-order valence-corrected chi connectivity index (χ3v) is 4.28. The summed E-state index contributed by atoms with van der Waals surface area (Å²) >= 11 is 1.62. The highest BCUT2D eigenvalue weighted by Crippen LogP contribution is 2.23. The molecule has 0 unspecified atom stereocenters. The molecule has 2 aromatic heterocycles. The number of carbonyl (C=O) groups is 1. The number of rotatable bonds is 5. The molecule has 0 saturated carbocycles. The lowest BCUT2D eigenvalue weighted by Gasteiger charge is -2.07. The van der Waals surface area contributed by atoms with Crippen molar-refractivity contribution in [2.45, 2.75) is 26.7 Å². The number of hydrogen-bond acceptors (Lipinski definition) is 3. The highest BCUT2D eigenvalue weighted by molar-refractivity contribution is 7.15. The topological polar surface area (TPSA) is 46.4 Å². The van der Waals surface area contributed by atoms with Crippen molar-refractivity contribution in [2.75, 3.05) is 5.32 Å². The van der Waals surface area contributed by atoms with Crippen LogP contribution in [0.2, 0.25) is 0 Å². The molecule has 3 rings (SSSR count). The van der Waals surface area contributed by atoms with Crippen LogP contribution in [0.1, 0.15) is 26.7 Å². The van der Waals surface area contributed by atoms with Gasteiger partial charge in [-0.15, -0.1) is 11.3 Å². The summed E-state index contributed by atoms with van der Waals surface area (Å²) in [5.41, 5.74) is 2.83. The van der Waals surface area contributed by atoms with Crippen molar-refractivity contribution in [3.63, 3.8) is 0 Å². The fourth-order valence-corrected chi connectivity index (χ4v) is 2.93. The zero-order valence-electron chi connectivity index (χ0n) is 12.7. The van der Waals surface area contributed by atoms with Crippen LogP contribution in [0.15, 0.2) is 42.0 Å². The standard InChI is InChI=1S/C17H19N3OS/c1-12(2)3-8-16(21)18-14-6-4-13(5-7-14)15-11-20-9-10-22-17(20)19-15/h4-7,9-12H,3,8H2,1-2H3,(H,18,21). The van der Waals surface area contributed by atoms with Gasteiger partial charge in [0.2, 0.25) is 5.91 Å². The van der Waals surface area contributed by atoms with Crippen LogP contribution in [0.4, 0.5) is 5.69 Å². The molecule has 0 saturated heterocycles. The van der Waals surface area contributed by atoms with Crippen LogP contribution in [-0.4, -0.2) is 15.3 Å². The molecule has 0 aliphatic carbocycles. The van der Waals surface area contributed by atoms with E-state index in [1.54, 1.807) is 11.3 Å². The van der Waals surface area contributed by atoms with Crippen molar-refractivity contribution in [1.82, 2.24) is 9.38 Å². The van der Waals surface area contributed by atoms with E-state index < -0.39 is 0 Å². The van der Waals surface area contributed by atoms with E-state index in [1.807, 2.05) is 46.4 Å². The van der Waals surface area contributed by atoms with Gasteiger partial charge >= 0.3 is 0 Å². The van der Waals surface area contributed by atoms with Gasteiger partial charge in [-0.25, -0.2) is 4.98 Å². The van der Waals surface area contributed by atoms with Crippen molar-refractivity contribution in [3.05, 3.63) is 42.0 Å². The molecule has 3 aromatic rings. The maximum absolute atomic E-state index is 11.8. The molecule has 0 aliphatic rings. The third-order valence-electron chi connectivity index (χ3n) is 3.51. The van der Waals surface area contributed by atoms with Gasteiger partial charge in [-0.2, -0.15) is 0 Å². The Kier molecular flexibility index (Phi) is 4.24. The predicted molar refractivity (Wildman–Crippen MR) is 91.2 cm³/mol. The Morgan fingerprint density at radius 1 is 1.32 bits per heavy atom. The van der Waals surface area contributed by atoms with Crippen molar-refractivity contribution >= 4 is 27.9 Å². The highest BCUT2D eigenvalue weighted by Gasteiger charge is 2.07. The number of imidazole rings is 1. The second-order valence-electron chi connectivity index (χ2n) is 5.78. The second kappa shape index (κ2) is 6.32. The number of hydrogen-bond donors (Lipinski definition) is 1. The molecule has 0 atom stereocenters. The largest absolute Gasteiger partial charge is 0.326 e. The van der Waals surface area contributed by atoms with Gasteiger partial charge in [0.15, 0.2) is 4.96 Å². The molecule has 0 fully saturated rings. The van der Waals surface area contributed by atoms with E-state index in [4.69, 9.17) is 0 Å². The smallest absolute Gasteiger partial charge is 0.224 e. The molecule has 114 valence electrons. The Labute approximate surface area is 133 Å². The van der Waals surface area contributed by atoms with Crippen LogP contribution in [0.3, 0.4) is 0 Å². The number of anilines is 1. The maximum Gasteiger partial charge on any atom is 0.224 e. The molecule has 0 spiro atoms.